The molecule has 2 aliphatic heterocycles. The largest absolute Gasteiger partial charge is 0.399 e. The SMILES string of the molecule is CCc1cc(CC)c(-c2n[nH]c(C3CCOC3)n2)cc1C(=O)N1CCC(c2ccc(N)cc2)CC1. The standard InChI is InChI=1S/C28H35N5O2/c1-3-18-15-19(4-2)25(16-24(18)27-30-26(31-32-27)22-11-14-35-17-22)28(34)33-12-9-21(10-13-33)20-5-7-23(29)8-6-20/h5-8,15-16,21-22H,3-4,9-14,17,29H2,1-2H3,(H,30,31,32). The van der Waals surface area contributed by atoms with Crippen molar-refractivity contribution in [2.45, 2.75) is 57.8 Å². The van der Waals surface area contributed by atoms with Gasteiger partial charge in [0, 0.05) is 42.4 Å². The maximum absolute atomic E-state index is 13.7. The Labute approximate surface area is 207 Å². The van der Waals surface area contributed by atoms with Gasteiger partial charge in [0.1, 0.15) is 5.82 Å². The van der Waals surface area contributed by atoms with Gasteiger partial charge in [-0.2, -0.15) is 5.10 Å². The van der Waals surface area contributed by atoms with Gasteiger partial charge < -0.3 is 15.4 Å². The molecule has 2 aromatic carbocycles. The number of ether oxygens (including phenoxy) is 1. The number of anilines is 1. The lowest BCUT2D eigenvalue weighted by Crippen LogP contribution is -2.38. The molecule has 3 heterocycles. The Morgan fingerprint density at radius 1 is 1.06 bits per heavy atom. The van der Waals surface area contributed by atoms with E-state index in [1.165, 1.54) is 11.1 Å². The van der Waals surface area contributed by atoms with Gasteiger partial charge in [0.05, 0.1) is 6.61 Å². The summed E-state index contributed by atoms with van der Waals surface area (Å²) < 4.78 is 5.52. The minimum absolute atomic E-state index is 0.112. The summed E-state index contributed by atoms with van der Waals surface area (Å²) in [4.78, 5) is 20.5. The van der Waals surface area contributed by atoms with Crippen LogP contribution in [0.3, 0.4) is 0 Å². The number of carbonyl (C=O) groups excluding carboxylic acids is 1. The molecule has 3 aromatic rings. The van der Waals surface area contributed by atoms with Crippen LogP contribution in [0.25, 0.3) is 11.4 Å². The van der Waals surface area contributed by atoms with Crippen LogP contribution in [0.15, 0.2) is 36.4 Å². The van der Waals surface area contributed by atoms with E-state index >= 15 is 0 Å². The molecule has 184 valence electrons. The molecule has 5 rings (SSSR count). The molecular weight excluding hydrogens is 438 g/mol. The Morgan fingerprint density at radius 3 is 2.46 bits per heavy atom. The average Bonchev–Trinajstić information content (AvgIpc) is 3.60. The highest BCUT2D eigenvalue weighted by Crippen LogP contribution is 2.32. The van der Waals surface area contributed by atoms with Gasteiger partial charge in [0.25, 0.3) is 5.91 Å². The zero-order valence-corrected chi connectivity index (χ0v) is 20.7. The monoisotopic (exact) mass is 473 g/mol. The van der Waals surface area contributed by atoms with Crippen LogP contribution in [-0.2, 0) is 17.6 Å². The number of nitrogens with one attached hydrogen (secondary N) is 1. The van der Waals surface area contributed by atoms with Crippen LogP contribution < -0.4 is 5.73 Å². The fourth-order valence-corrected chi connectivity index (χ4v) is 5.37. The number of hydrogen-bond donors (Lipinski definition) is 2. The van der Waals surface area contributed by atoms with Crippen molar-refractivity contribution in [3.05, 3.63) is 64.5 Å². The molecule has 7 heteroatoms. The number of aryl methyl sites for hydroxylation is 2. The van der Waals surface area contributed by atoms with Gasteiger partial charge in [0.15, 0.2) is 5.82 Å². The van der Waals surface area contributed by atoms with E-state index in [2.05, 4.69) is 42.2 Å². The quantitative estimate of drug-likeness (QED) is 0.506. The van der Waals surface area contributed by atoms with E-state index in [9.17, 15) is 4.79 Å². The number of benzene rings is 2. The molecule has 2 fully saturated rings. The average molecular weight is 474 g/mol. The Kier molecular flexibility index (Phi) is 6.86. The summed E-state index contributed by atoms with van der Waals surface area (Å²) >= 11 is 0. The van der Waals surface area contributed by atoms with Crippen LogP contribution in [-0.4, -0.2) is 52.3 Å². The number of hydrogen-bond acceptors (Lipinski definition) is 5. The maximum Gasteiger partial charge on any atom is 0.254 e. The van der Waals surface area contributed by atoms with Crippen molar-refractivity contribution in [3.63, 3.8) is 0 Å². The number of aromatic nitrogens is 3. The number of piperidine rings is 1. The van der Waals surface area contributed by atoms with E-state index in [0.717, 1.165) is 80.0 Å². The van der Waals surface area contributed by atoms with Gasteiger partial charge in [0.2, 0.25) is 0 Å². The number of rotatable bonds is 6. The van der Waals surface area contributed by atoms with Crippen molar-refractivity contribution in [1.29, 1.82) is 0 Å². The molecule has 35 heavy (non-hydrogen) atoms. The van der Waals surface area contributed by atoms with Crippen LogP contribution in [0.4, 0.5) is 5.69 Å². The fraction of sp³-hybridized carbons (Fsp3) is 0.464. The number of nitrogen functional groups attached to an aromatic ring is 1. The van der Waals surface area contributed by atoms with Gasteiger partial charge in [-0.25, -0.2) is 4.98 Å². The zero-order valence-electron chi connectivity index (χ0n) is 20.7. The predicted octanol–water partition coefficient (Wildman–Crippen LogP) is 4.70. The molecule has 1 unspecified atom stereocenters. The van der Waals surface area contributed by atoms with Crippen molar-refractivity contribution in [2.24, 2.45) is 0 Å². The van der Waals surface area contributed by atoms with Crippen LogP contribution in [0.1, 0.15) is 77.8 Å². The first kappa shape index (κ1) is 23.5. The van der Waals surface area contributed by atoms with Crippen molar-refractivity contribution in [2.75, 3.05) is 32.0 Å². The molecule has 1 atom stereocenters. The topological polar surface area (TPSA) is 97.1 Å². The molecule has 0 saturated carbocycles. The highest BCUT2D eigenvalue weighted by atomic mass is 16.5. The number of aromatic amines is 1. The van der Waals surface area contributed by atoms with E-state index in [4.69, 9.17) is 15.5 Å². The van der Waals surface area contributed by atoms with Gasteiger partial charge in [-0.05, 0) is 72.9 Å². The second-order valence-electron chi connectivity index (χ2n) is 9.71. The van der Waals surface area contributed by atoms with Gasteiger partial charge in [-0.15, -0.1) is 0 Å². The van der Waals surface area contributed by atoms with E-state index in [1.54, 1.807) is 0 Å². The lowest BCUT2D eigenvalue weighted by atomic mass is 9.88. The zero-order chi connectivity index (χ0) is 24.4. The first-order chi connectivity index (χ1) is 17.1. The number of amides is 1. The molecule has 0 bridgehead atoms. The summed E-state index contributed by atoms with van der Waals surface area (Å²) in [6, 6.07) is 12.4. The number of H-pyrrole nitrogens is 1. The maximum atomic E-state index is 13.7. The molecule has 3 N–H and O–H groups in total. The molecule has 0 radical (unpaired) electrons. The lowest BCUT2D eigenvalue weighted by molar-refractivity contribution is 0.0712. The predicted molar refractivity (Wildman–Crippen MR) is 137 cm³/mol. The summed E-state index contributed by atoms with van der Waals surface area (Å²) in [5.41, 5.74) is 11.9. The van der Waals surface area contributed by atoms with Crippen LogP contribution in [0.5, 0.6) is 0 Å². The first-order valence-corrected chi connectivity index (χ1v) is 12.9. The van der Waals surface area contributed by atoms with E-state index in [0.29, 0.717) is 18.3 Å². The highest BCUT2D eigenvalue weighted by molar-refractivity contribution is 5.97. The Hall–Kier alpha value is -3.19. The van der Waals surface area contributed by atoms with Crippen molar-refractivity contribution >= 4 is 11.6 Å². The fourth-order valence-electron chi connectivity index (χ4n) is 5.37. The van der Waals surface area contributed by atoms with Gasteiger partial charge in [-0.3, -0.25) is 9.89 Å². The van der Waals surface area contributed by atoms with Crippen LogP contribution >= 0.6 is 0 Å². The third-order valence-electron chi connectivity index (χ3n) is 7.57. The Bertz CT molecular complexity index is 1170. The van der Waals surface area contributed by atoms with E-state index in [1.807, 2.05) is 23.1 Å². The normalized spacial score (nSPS) is 18.8. The van der Waals surface area contributed by atoms with Crippen molar-refractivity contribution in [3.8, 4) is 11.4 Å². The molecule has 1 aromatic heterocycles. The summed E-state index contributed by atoms with van der Waals surface area (Å²) in [6.07, 6.45) is 4.56. The third kappa shape index (κ3) is 4.82. The summed E-state index contributed by atoms with van der Waals surface area (Å²) in [5, 5.41) is 7.65. The van der Waals surface area contributed by atoms with Crippen LogP contribution in [0, 0.1) is 0 Å². The second kappa shape index (κ2) is 10.2. The second-order valence-corrected chi connectivity index (χ2v) is 9.71. The summed E-state index contributed by atoms with van der Waals surface area (Å²) in [6.45, 7) is 7.21. The van der Waals surface area contributed by atoms with E-state index < -0.39 is 0 Å². The van der Waals surface area contributed by atoms with Gasteiger partial charge >= 0.3 is 0 Å². The number of carbonyl (C=O) groups is 1. The minimum atomic E-state index is 0.112. The third-order valence-corrected chi connectivity index (χ3v) is 7.57. The Morgan fingerprint density at radius 2 is 1.80 bits per heavy atom. The number of nitrogens with two attached hydrogens (primary N) is 1. The molecule has 7 nitrogen and oxygen atoms in total. The lowest BCUT2D eigenvalue weighted by Gasteiger charge is -2.33. The minimum Gasteiger partial charge on any atom is -0.399 e. The number of nitrogens with zero attached hydrogens (tertiary/aromatic N) is 3. The van der Waals surface area contributed by atoms with Crippen molar-refractivity contribution < 1.29 is 9.53 Å². The van der Waals surface area contributed by atoms with E-state index in [-0.39, 0.29) is 11.8 Å². The molecule has 0 aliphatic carbocycles. The van der Waals surface area contributed by atoms with Crippen LogP contribution in [0.2, 0.25) is 0 Å². The Balaban J connectivity index is 1.38. The highest BCUT2D eigenvalue weighted by Gasteiger charge is 2.27. The molecule has 0 spiro atoms. The summed E-state index contributed by atoms with van der Waals surface area (Å²) in [5.74, 6) is 2.38. The van der Waals surface area contributed by atoms with Crippen molar-refractivity contribution in [1.82, 2.24) is 20.1 Å². The molecule has 2 aliphatic rings. The molecular formula is C28H35N5O2. The smallest absolute Gasteiger partial charge is 0.254 e. The molecule has 1 amide bonds. The van der Waals surface area contributed by atoms with Gasteiger partial charge in [-0.1, -0.05) is 32.0 Å². The first-order valence-electron chi connectivity index (χ1n) is 12.9. The molecule has 2 saturated heterocycles. The summed E-state index contributed by atoms with van der Waals surface area (Å²) in [7, 11) is 0. The number of likely N-dealkylation sites (tertiary alicyclic amines) is 1.